The third-order valence-corrected chi connectivity index (χ3v) is 3.39. The van der Waals surface area contributed by atoms with Gasteiger partial charge >= 0.3 is 5.69 Å². The second kappa shape index (κ2) is 4.89. The molecule has 1 aliphatic heterocycles. The van der Waals surface area contributed by atoms with Crippen molar-refractivity contribution in [1.82, 2.24) is 9.55 Å². The van der Waals surface area contributed by atoms with Gasteiger partial charge in [-0.25, -0.2) is 4.79 Å². The Hall–Kier alpha value is -0.900. The van der Waals surface area contributed by atoms with Crippen molar-refractivity contribution in [2.24, 2.45) is 0 Å². The van der Waals surface area contributed by atoms with Gasteiger partial charge in [0.1, 0.15) is 12.2 Å². The minimum atomic E-state index is -2.39. The lowest BCUT2D eigenvalue weighted by Crippen LogP contribution is -2.45. The number of nitrogens with zero attached hydrogens (tertiary/aromatic N) is 1. The first-order valence-electron chi connectivity index (χ1n) is 5.13. The lowest BCUT2D eigenvalue weighted by molar-refractivity contribution is -0.0718. The number of hydrogen-bond donors (Lipinski definition) is 4. The van der Waals surface area contributed by atoms with Gasteiger partial charge in [0.2, 0.25) is 5.06 Å². The second-order valence-electron chi connectivity index (χ2n) is 4.02. The largest absolute Gasteiger partial charge is 0.386 e. The Morgan fingerprint density at radius 2 is 2.16 bits per heavy atom. The molecule has 0 aromatic carbocycles. The van der Waals surface area contributed by atoms with Gasteiger partial charge in [0, 0.05) is 12.3 Å². The van der Waals surface area contributed by atoms with Gasteiger partial charge in [-0.15, -0.1) is 0 Å². The van der Waals surface area contributed by atoms with Crippen LogP contribution in [0.3, 0.4) is 0 Å². The molecular formula is C9H10Cl2N2O6. The maximum Gasteiger partial charge on any atom is 0.330 e. The van der Waals surface area contributed by atoms with Crippen molar-refractivity contribution >= 4 is 23.2 Å². The molecular weight excluding hydrogens is 303 g/mol. The summed E-state index contributed by atoms with van der Waals surface area (Å²) < 4.78 is 5.86. The number of H-pyrrole nitrogens is 1. The van der Waals surface area contributed by atoms with Gasteiger partial charge in [0.15, 0.2) is 11.8 Å². The zero-order valence-corrected chi connectivity index (χ0v) is 10.7. The lowest BCUT2D eigenvalue weighted by Gasteiger charge is -2.24. The molecule has 106 valence electrons. The van der Waals surface area contributed by atoms with Crippen LogP contribution in [-0.2, 0) is 4.74 Å². The average molecular weight is 313 g/mol. The minimum absolute atomic E-state index is 0.646. The minimum Gasteiger partial charge on any atom is -0.386 e. The molecule has 2 rings (SSSR count). The second-order valence-corrected chi connectivity index (χ2v) is 5.07. The van der Waals surface area contributed by atoms with E-state index in [-0.39, 0.29) is 0 Å². The molecule has 1 fully saturated rings. The topological polar surface area (TPSA) is 125 Å². The summed E-state index contributed by atoms with van der Waals surface area (Å²) in [6, 6.07) is 1.01. The number of aromatic nitrogens is 2. The van der Waals surface area contributed by atoms with Crippen LogP contribution in [-0.4, -0.2) is 47.7 Å². The first kappa shape index (κ1) is 14.5. The number of halogens is 2. The van der Waals surface area contributed by atoms with Crippen molar-refractivity contribution in [3.8, 4) is 0 Å². The fourth-order valence-electron chi connectivity index (χ4n) is 1.78. The molecule has 1 saturated heterocycles. The van der Waals surface area contributed by atoms with Crippen molar-refractivity contribution in [2.45, 2.75) is 29.1 Å². The highest BCUT2D eigenvalue weighted by atomic mass is 35.5. The summed E-state index contributed by atoms with van der Waals surface area (Å²) in [5.41, 5.74) is -3.18. The summed E-state index contributed by atoms with van der Waals surface area (Å²) in [4.78, 5) is 24.5. The van der Waals surface area contributed by atoms with Crippen LogP contribution < -0.4 is 11.2 Å². The highest BCUT2D eigenvalue weighted by Crippen LogP contribution is 2.42. The number of aromatic amines is 1. The summed E-state index contributed by atoms with van der Waals surface area (Å²) >= 11 is 11.1. The van der Waals surface area contributed by atoms with Gasteiger partial charge in [-0.05, 0) is 0 Å². The smallest absolute Gasteiger partial charge is 0.330 e. The first-order valence-corrected chi connectivity index (χ1v) is 5.95. The third-order valence-electron chi connectivity index (χ3n) is 2.73. The molecule has 2 heterocycles. The molecule has 1 aromatic rings. The Morgan fingerprint density at radius 1 is 1.53 bits per heavy atom. The highest BCUT2D eigenvalue weighted by Gasteiger charge is 2.57. The number of aliphatic hydroxyl groups excluding tert-OH is 2. The molecule has 4 N–H and O–H groups in total. The molecule has 0 spiro atoms. The van der Waals surface area contributed by atoms with Crippen LogP contribution in [0.5, 0.6) is 0 Å². The Balaban J connectivity index is 2.45. The Morgan fingerprint density at radius 3 is 2.63 bits per heavy atom. The van der Waals surface area contributed by atoms with E-state index in [2.05, 4.69) is 0 Å². The number of aliphatic hydroxyl groups is 3. The van der Waals surface area contributed by atoms with E-state index in [0.29, 0.717) is 0 Å². The predicted octanol–water partition coefficient (Wildman–Crippen LogP) is -1.72. The zero-order chi connectivity index (χ0) is 14.4. The van der Waals surface area contributed by atoms with E-state index in [1.165, 1.54) is 0 Å². The number of rotatable bonds is 2. The van der Waals surface area contributed by atoms with E-state index < -0.39 is 40.3 Å². The van der Waals surface area contributed by atoms with Crippen LogP contribution in [0.15, 0.2) is 21.9 Å². The van der Waals surface area contributed by atoms with Crippen molar-refractivity contribution in [3.63, 3.8) is 0 Å². The quantitative estimate of drug-likeness (QED) is 0.481. The summed E-state index contributed by atoms with van der Waals surface area (Å²) in [6.45, 7) is 0. The SMILES string of the molecule is O=c1ccn([C@@H]2O[C@H](C(O)Cl)[C@@H](O)[C@]2(O)Cl)c(=O)[nH]1. The normalized spacial score (nSPS) is 36.4. The number of ether oxygens (including phenoxy) is 1. The van der Waals surface area contributed by atoms with Crippen molar-refractivity contribution < 1.29 is 20.1 Å². The van der Waals surface area contributed by atoms with Crippen LogP contribution in [0.2, 0.25) is 0 Å². The molecule has 1 unspecified atom stereocenters. The van der Waals surface area contributed by atoms with Gasteiger partial charge < -0.3 is 20.1 Å². The lowest BCUT2D eigenvalue weighted by atomic mass is 10.1. The molecule has 1 aliphatic rings. The summed E-state index contributed by atoms with van der Waals surface area (Å²) in [6.07, 6.45) is -3.61. The summed E-state index contributed by atoms with van der Waals surface area (Å²) in [5.74, 6) is 0. The van der Waals surface area contributed by atoms with Crippen molar-refractivity contribution in [2.75, 3.05) is 0 Å². The van der Waals surface area contributed by atoms with Gasteiger partial charge in [-0.2, -0.15) is 0 Å². The van der Waals surface area contributed by atoms with Gasteiger partial charge in [-0.1, -0.05) is 23.2 Å². The molecule has 0 bridgehead atoms. The molecule has 0 radical (unpaired) electrons. The maximum absolute atomic E-state index is 11.6. The van der Waals surface area contributed by atoms with E-state index >= 15 is 0 Å². The van der Waals surface area contributed by atoms with Gasteiger partial charge in [-0.3, -0.25) is 14.3 Å². The molecule has 0 amide bonds. The van der Waals surface area contributed by atoms with Crippen LogP contribution >= 0.6 is 23.2 Å². The van der Waals surface area contributed by atoms with Crippen LogP contribution in [0.25, 0.3) is 0 Å². The molecule has 1 aromatic heterocycles. The van der Waals surface area contributed by atoms with Crippen LogP contribution in [0.1, 0.15) is 6.23 Å². The number of hydrogen-bond acceptors (Lipinski definition) is 6. The van der Waals surface area contributed by atoms with Crippen molar-refractivity contribution in [1.29, 1.82) is 0 Å². The molecule has 10 heteroatoms. The standard InChI is InChI=1S/C9H10Cl2N2O6/c10-6(16)4-5(15)9(11,18)7(19-4)13-2-1-3(14)12-8(13)17/h1-2,4-7,15-16,18H,(H,12,14,17)/t4-,5+,6?,7+,9+/m0/s1. The Bertz CT molecular complexity index is 583. The predicted molar refractivity (Wildman–Crippen MR) is 63.9 cm³/mol. The van der Waals surface area contributed by atoms with Crippen LogP contribution in [0, 0.1) is 0 Å². The number of alkyl halides is 2. The Kier molecular flexibility index (Phi) is 3.74. The van der Waals surface area contributed by atoms with E-state index in [0.717, 1.165) is 16.8 Å². The van der Waals surface area contributed by atoms with E-state index in [1.54, 1.807) is 0 Å². The number of nitrogens with one attached hydrogen (secondary N) is 1. The summed E-state index contributed by atoms with van der Waals surface area (Å²) in [7, 11) is 0. The zero-order valence-electron chi connectivity index (χ0n) is 9.23. The fourth-order valence-corrected chi connectivity index (χ4v) is 2.26. The molecule has 0 saturated carbocycles. The first-order chi connectivity index (χ1) is 8.75. The molecule has 8 nitrogen and oxygen atoms in total. The molecule has 5 atom stereocenters. The molecule has 0 aliphatic carbocycles. The van der Waals surface area contributed by atoms with Crippen LogP contribution in [0.4, 0.5) is 0 Å². The van der Waals surface area contributed by atoms with Crippen molar-refractivity contribution in [3.05, 3.63) is 33.1 Å². The van der Waals surface area contributed by atoms with E-state index in [9.17, 15) is 24.9 Å². The highest BCUT2D eigenvalue weighted by molar-refractivity contribution is 6.24. The Labute approximate surface area is 115 Å². The third kappa shape index (κ3) is 2.42. The summed E-state index contributed by atoms with van der Waals surface area (Å²) in [5, 5.41) is 26.5. The average Bonchev–Trinajstić information content (AvgIpc) is 2.52. The molecule has 19 heavy (non-hydrogen) atoms. The van der Waals surface area contributed by atoms with E-state index in [1.807, 2.05) is 4.98 Å². The monoisotopic (exact) mass is 312 g/mol. The maximum atomic E-state index is 11.6. The fraction of sp³-hybridized carbons (Fsp3) is 0.556. The van der Waals surface area contributed by atoms with E-state index in [4.69, 9.17) is 27.9 Å². The van der Waals surface area contributed by atoms with Gasteiger partial charge in [0.05, 0.1) is 0 Å². The van der Waals surface area contributed by atoms with Gasteiger partial charge in [0.25, 0.3) is 5.56 Å².